The van der Waals surface area contributed by atoms with Gasteiger partial charge in [0.25, 0.3) is 0 Å². The number of ether oxygens (including phenoxy) is 1. The molecule has 2 aromatic carbocycles. The smallest absolute Gasteiger partial charge is 0.424 e. The number of esters is 1. The molecule has 4 nitrogen and oxygen atoms in total. The van der Waals surface area contributed by atoms with Crippen molar-refractivity contribution in [2.45, 2.75) is 25.6 Å². The first-order chi connectivity index (χ1) is 17.4. The standard InChI is InChI=1S/C17H14N2S.C11H7F3O2/c1-2-7-16-15(6-1)17-12(11-19-16)9-14(20-17)10-13-5-3-4-8-18-13;12-11(13,14)10(15)16-9-5-7-3-1-2-4-8(7)6-9/h1-9,19H,10-11H2;1-5H,6H2. The van der Waals surface area contributed by atoms with E-state index in [0.29, 0.717) is 0 Å². The number of nitrogens with one attached hydrogen (secondary N) is 1. The van der Waals surface area contributed by atoms with E-state index in [-0.39, 0.29) is 12.2 Å². The molecule has 4 aromatic rings. The molecule has 36 heavy (non-hydrogen) atoms. The third-order valence-corrected chi connectivity index (χ3v) is 6.98. The third-order valence-electron chi connectivity index (χ3n) is 5.77. The minimum absolute atomic E-state index is 0.0310. The number of thiophene rings is 1. The Labute approximate surface area is 210 Å². The minimum atomic E-state index is -4.95. The molecule has 0 bridgehead atoms. The van der Waals surface area contributed by atoms with Gasteiger partial charge < -0.3 is 10.1 Å². The first-order valence-electron chi connectivity index (χ1n) is 11.3. The van der Waals surface area contributed by atoms with Crippen LogP contribution < -0.4 is 5.32 Å². The van der Waals surface area contributed by atoms with Gasteiger partial charge in [-0.05, 0) is 47.0 Å². The number of aromatic nitrogens is 1. The molecule has 0 unspecified atom stereocenters. The summed E-state index contributed by atoms with van der Waals surface area (Å²) in [6, 6.07) is 24.0. The molecule has 2 aromatic heterocycles. The highest BCUT2D eigenvalue weighted by atomic mass is 32.1. The summed E-state index contributed by atoms with van der Waals surface area (Å²) in [6.45, 7) is 0.922. The Hall–Kier alpha value is -3.91. The van der Waals surface area contributed by atoms with Crippen molar-refractivity contribution >= 4 is 29.1 Å². The number of fused-ring (bicyclic) bond motifs is 4. The first-order valence-corrected chi connectivity index (χ1v) is 12.1. The number of rotatable bonds is 3. The van der Waals surface area contributed by atoms with Gasteiger partial charge in [-0.25, -0.2) is 4.79 Å². The summed E-state index contributed by atoms with van der Waals surface area (Å²) in [6.07, 6.45) is -0.507. The number of alkyl halides is 3. The van der Waals surface area contributed by atoms with Gasteiger partial charge in [0.1, 0.15) is 5.76 Å². The molecule has 182 valence electrons. The maximum absolute atomic E-state index is 11.9. The van der Waals surface area contributed by atoms with Crippen molar-refractivity contribution in [1.82, 2.24) is 4.98 Å². The maximum Gasteiger partial charge on any atom is 0.491 e. The van der Waals surface area contributed by atoms with E-state index in [4.69, 9.17) is 0 Å². The van der Waals surface area contributed by atoms with Gasteiger partial charge in [0.15, 0.2) is 0 Å². The number of hydrogen-bond acceptors (Lipinski definition) is 5. The zero-order valence-corrected chi connectivity index (χ0v) is 19.8. The van der Waals surface area contributed by atoms with Gasteiger partial charge in [0, 0.05) is 52.3 Å². The van der Waals surface area contributed by atoms with Gasteiger partial charge in [0.05, 0.1) is 0 Å². The zero-order valence-electron chi connectivity index (χ0n) is 19.0. The number of allylic oxidation sites excluding steroid dienone is 1. The number of carbonyl (C=O) groups excluding carboxylic acids is 1. The predicted octanol–water partition coefficient (Wildman–Crippen LogP) is 7.02. The zero-order chi connectivity index (χ0) is 25.1. The third kappa shape index (κ3) is 5.33. The molecule has 0 spiro atoms. The van der Waals surface area contributed by atoms with E-state index in [1.807, 2.05) is 29.7 Å². The molecule has 0 atom stereocenters. The minimum Gasteiger partial charge on any atom is -0.424 e. The first kappa shape index (κ1) is 23.8. The van der Waals surface area contributed by atoms with Crippen molar-refractivity contribution in [3.8, 4) is 10.4 Å². The van der Waals surface area contributed by atoms with Crippen molar-refractivity contribution in [3.63, 3.8) is 0 Å². The fraction of sp³-hybridized carbons (Fsp3) is 0.143. The summed E-state index contributed by atoms with van der Waals surface area (Å²) in [5.41, 5.74) is 6.74. The van der Waals surface area contributed by atoms with E-state index >= 15 is 0 Å². The van der Waals surface area contributed by atoms with E-state index in [0.717, 1.165) is 29.8 Å². The summed E-state index contributed by atoms with van der Waals surface area (Å²) < 4.78 is 40.0. The molecule has 0 saturated carbocycles. The van der Waals surface area contributed by atoms with Crippen LogP contribution in [0.1, 0.15) is 27.3 Å². The lowest BCUT2D eigenvalue weighted by molar-refractivity contribution is -0.195. The second-order valence-corrected chi connectivity index (χ2v) is 9.47. The largest absolute Gasteiger partial charge is 0.491 e. The second-order valence-electron chi connectivity index (χ2n) is 8.34. The number of para-hydroxylation sites is 1. The number of pyridine rings is 1. The van der Waals surface area contributed by atoms with E-state index in [2.05, 4.69) is 51.4 Å². The van der Waals surface area contributed by atoms with Gasteiger partial charge in [-0.2, -0.15) is 13.2 Å². The second kappa shape index (κ2) is 9.99. The van der Waals surface area contributed by atoms with E-state index in [1.54, 1.807) is 24.3 Å². The fourth-order valence-electron chi connectivity index (χ4n) is 4.13. The van der Waals surface area contributed by atoms with Gasteiger partial charge in [-0.15, -0.1) is 11.3 Å². The van der Waals surface area contributed by atoms with Crippen LogP contribution in [0.5, 0.6) is 0 Å². The van der Waals surface area contributed by atoms with Crippen LogP contribution in [0.3, 0.4) is 0 Å². The van der Waals surface area contributed by atoms with E-state index in [1.165, 1.54) is 32.6 Å². The van der Waals surface area contributed by atoms with Gasteiger partial charge in [-0.3, -0.25) is 4.98 Å². The molecule has 2 aliphatic rings. The number of carbonyl (C=O) groups is 1. The van der Waals surface area contributed by atoms with Crippen molar-refractivity contribution < 1.29 is 22.7 Å². The highest BCUT2D eigenvalue weighted by molar-refractivity contribution is 7.15. The van der Waals surface area contributed by atoms with Crippen LogP contribution in [0.25, 0.3) is 16.5 Å². The molecule has 0 amide bonds. The molecule has 0 radical (unpaired) electrons. The molecule has 8 heteroatoms. The highest BCUT2D eigenvalue weighted by Gasteiger charge is 2.42. The number of nitrogens with zero attached hydrogens (tertiary/aromatic N) is 1. The molecule has 1 aliphatic heterocycles. The average molecular weight is 507 g/mol. The summed E-state index contributed by atoms with van der Waals surface area (Å²) in [4.78, 5) is 17.8. The lowest BCUT2D eigenvalue weighted by atomic mass is 10.0. The van der Waals surface area contributed by atoms with Crippen molar-refractivity contribution in [2.75, 3.05) is 5.32 Å². The monoisotopic (exact) mass is 506 g/mol. The Morgan fingerprint density at radius 3 is 2.56 bits per heavy atom. The average Bonchev–Trinajstić information content (AvgIpc) is 3.47. The highest BCUT2D eigenvalue weighted by Crippen LogP contribution is 2.41. The van der Waals surface area contributed by atoms with Gasteiger partial charge in [-0.1, -0.05) is 48.5 Å². The van der Waals surface area contributed by atoms with Gasteiger partial charge in [0.2, 0.25) is 0 Å². The van der Waals surface area contributed by atoms with E-state index < -0.39 is 12.1 Å². The number of halogens is 3. The number of hydrogen-bond donors (Lipinski definition) is 1. The normalized spacial score (nSPS) is 13.2. The predicted molar refractivity (Wildman–Crippen MR) is 134 cm³/mol. The molecular formula is C28H21F3N2O2S. The SMILES string of the molecule is O=C(OC1=Cc2ccccc2C1)C(F)(F)F.c1ccc(Cc2cc3c(s2)-c2ccccc2NC3)nc1. The number of benzene rings is 2. The van der Waals surface area contributed by atoms with E-state index in [9.17, 15) is 18.0 Å². The van der Waals surface area contributed by atoms with Crippen LogP contribution in [0.4, 0.5) is 18.9 Å². The van der Waals surface area contributed by atoms with Crippen LogP contribution in [-0.2, 0) is 28.9 Å². The lowest BCUT2D eigenvalue weighted by Crippen LogP contribution is -2.25. The quantitative estimate of drug-likeness (QED) is 0.304. The molecule has 0 fully saturated rings. The topological polar surface area (TPSA) is 51.2 Å². The summed E-state index contributed by atoms with van der Waals surface area (Å²) in [5.74, 6) is -2.14. The van der Waals surface area contributed by atoms with Crippen LogP contribution >= 0.6 is 11.3 Å². The summed E-state index contributed by atoms with van der Waals surface area (Å²) in [7, 11) is 0. The molecular weight excluding hydrogens is 485 g/mol. The molecule has 6 rings (SSSR count). The lowest BCUT2D eigenvalue weighted by Gasteiger charge is -2.17. The summed E-state index contributed by atoms with van der Waals surface area (Å²) >= 11 is 1.89. The molecule has 0 saturated heterocycles. The Morgan fingerprint density at radius 1 is 1.00 bits per heavy atom. The van der Waals surface area contributed by atoms with Crippen LogP contribution in [-0.4, -0.2) is 17.1 Å². The molecule has 3 heterocycles. The van der Waals surface area contributed by atoms with Crippen molar-refractivity contribution in [2.24, 2.45) is 0 Å². The summed E-state index contributed by atoms with van der Waals surface area (Å²) in [5, 5.41) is 3.49. The van der Waals surface area contributed by atoms with Crippen LogP contribution in [0.15, 0.2) is 84.8 Å². The molecule has 1 aliphatic carbocycles. The van der Waals surface area contributed by atoms with Crippen LogP contribution in [0.2, 0.25) is 0 Å². The van der Waals surface area contributed by atoms with Gasteiger partial charge >= 0.3 is 12.1 Å². The van der Waals surface area contributed by atoms with Crippen LogP contribution in [0, 0.1) is 0 Å². The van der Waals surface area contributed by atoms with Crippen molar-refractivity contribution in [3.05, 3.63) is 112 Å². The van der Waals surface area contributed by atoms with Crippen molar-refractivity contribution in [1.29, 1.82) is 0 Å². The molecule has 1 N–H and O–H groups in total. The maximum atomic E-state index is 11.9. The fourth-order valence-corrected chi connectivity index (χ4v) is 5.36. The number of anilines is 1. The Balaban J connectivity index is 0.000000152. The Morgan fingerprint density at radius 2 is 1.78 bits per heavy atom. The Bertz CT molecular complexity index is 1430. The Kier molecular flexibility index (Phi) is 6.61.